The molecule has 2 rings (SSSR count). The molecule has 1 unspecified atom stereocenters. The van der Waals surface area contributed by atoms with Crippen LogP contribution in [0.2, 0.25) is 0 Å². The molecule has 1 fully saturated rings. The Morgan fingerprint density at radius 3 is 2.21 bits per heavy atom. The molecular formula is C18H28O. The van der Waals surface area contributed by atoms with E-state index in [1.165, 1.54) is 32.1 Å². The van der Waals surface area contributed by atoms with E-state index in [1.54, 1.807) is 0 Å². The van der Waals surface area contributed by atoms with E-state index in [-0.39, 0.29) is 0 Å². The zero-order valence-corrected chi connectivity index (χ0v) is 12.4. The molecule has 0 bridgehead atoms. The van der Waals surface area contributed by atoms with Crippen molar-refractivity contribution in [2.75, 3.05) is 0 Å². The summed E-state index contributed by atoms with van der Waals surface area (Å²) in [4.78, 5) is 0. The molecule has 1 aromatic rings. The van der Waals surface area contributed by atoms with Crippen LogP contribution in [0.3, 0.4) is 0 Å². The second kappa shape index (κ2) is 6.56. The highest BCUT2D eigenvalue weighted by molar-refractivity contribution is 5.23. The first kappa shape index (κ1) is 14.6. The normalized spacial score (nSPS) is 26.9. The fraction of sp³-hybridized carbons (Fsp3) is 0.667. The number of hydrogen-bond donors (Lipinski definition) is 1. The lowest BCUT2D eigenvalue weighted by molar-refractivity contribution is -0.0518. The highest BCUT2D eigenvalue weighted by atomic mass is 16.3. The quantitative estimate of drug-likeness (QED) is 0.799. The van der Waals surface area contributed by atoms with Gasteiger partial charge in [0.15, 0.2) is 0 Å². The van der Waals surface area contributed by atoms with Gasteiger partial charge >= 0.3 is 0 Å². The molecule has 0 aliphatic heterocycles. The van der Waals surface area contributed by atoms with Crippen molar-refractivity contribution in [2.24, 2.45) is 11.8 Å². The topological polar surface area (TPSA) is 20.2 Å². The van der Waals surface area contributed by atoms with Gasteiger partial charge in [0.05, 0.1) is 5.60 Å². The zero-order valence-electron chi connectivity index (χ0n) is 12.4. The molecule has 0 spiro atoms. The maximum Gasteiger partial charge on any atom is 0.0924 e. The fourth-order valence-corrected chi connectivity index (χ4v) is 3.74. The van der Waals surface area contributed by atoms with E-state index in [0.29, 0.717) is 5.92 Å². The van der Waals surface area contributed by atoms with Gasteiger partial charge in [-0.2, -0.15) is 0 Å². The monoisotopic (exact) mass is 260 g/mol. The molecule has 1 N–H and O–H groups in total. The van der Waals surface area contributed by atoms with Gasteiger partial charge in [0.25, 0.3) is 0 Å². The molecule has 0 amide bonds. The largest absolute Gasteiger partial charge is 0.385 e. The van der Waals surface area contributed by atoms with Crippen molar-refractivity contribution >= 4 is 0 Å². The second-order valence-electron chi connectivity index (χ2n) is 6.17. The zero-order chi connectivity index (χ0) is 13.7. The van der Waals surface area contributed by atoms with Crippen LogP contribution in [0.5, 0.6) is 0 Å². The molecule has 0 heterocycles. The Balaban J connectivity index is 2.16. The molecule has 1 saturated carbocycles. The van der Waals surface area contributed by atoms with Gasteiger partial charge in [0.1, 0.15) is 0 Å². The van der Waals surface area contributed by atoms with E-state index in [2.05, 4.69) is 26.0 Å². The first-order chi connectivity index (χ1) is 9.20. The van der Waals surface area contributed by atoms with Gasteiger partial charge in [0.2, 0.25) is 0 Å². The van der Waals surface area contributed by atoms with Crippen LogP contribution in [0.25, 0.3) is 0 Å². The number of rotatable bonds is 5. The number of aliphatic hydroxyl groups is 1. The van der Waals surface area contributed by atoms with Crippen molar-refractivity contribution in [1.82, 2.24) is 0 Å². The third-order valence-corrected chi connectivity index (χ3v) is 5.00. The summed E-state index contributed by atoms with van der Waals surface area (Å²) in [5, 5.41) is 11.3. The van der Waals surface area contributed by atoms with Crippen LogP contribution < -0.4 is 0 Å². The predicted molar refractivity (Wildman–Crippen MR) is 81.0 cm³/mol. The van der Waals surface area contributed by atoms with Crippen LogP contribution in [0, 0.1) is 11.8 Å². The summed E-state index contributed by atoms with van der Waals surface area (Å²) in [6.45, 7) is 4.46. The van der Waals surface area contributed by atoms with Crippen LogP contribution >= 0.6 is 0 Å². The molecule has 1 aliphatic carbocycles. The Bertz CT molecular complexity index is 365. The van der Waals surface area contributed by atoms with Crippen LogP contribution in [0.4, 0.5) is 0 Å². The molecule has 1 nitrogen and oxygen atoms in total. The van der Waals surface area contributed by atoms with Crippen molar-refractivity contribution in [3.63, 3.8) is 0 Å². The lowest BCUT2D eigenvalue weighted by atomic mass is 9.69. The lowest BCUT2D eigenvalue weighted by Crippen LogP contribution is -2.37. The summed E-state index contributed by atoms with van der Waals surface area (Å²) < 4.78 is 0. The number of benzene rings is 1. The van der Waals surface area contributed by atoms with E-state index in [9.17, 15) is 5.11 Å². The molecule has 0 aromatic heterocycles. The summed E-state index contributed by atoms with van der Waals surface area (Å²) in [6, 6.07) is 10.3. The molecular weight excluding hydrogens is 232 g/mol. The lowest BCUT2D eigenvalue weighted by Gasteiger charge is -2.41. The third-order valence-electron chi connectivity index (χ3n) is 5.00. The van der Waals surface area contributed by atoms with Gasteiger partial charge in [-0.1, -0.05) is 69.9 Å². The summed E-state index contributed by atoms with van der Waals surface area (Å²) in [7, 11) is 0. The molecule has 1 aliphatic rings. The van der Waals surface area contributed by atoms with Gasteiger partial charge in [0, 0.05) is 0 Å². The van der Waals surface area contributed by atoms with E-state index < -0.39 is 5.60 Å². The first-order valence-electron chi connectivity index (χ1n) is 7.98. The average molecular weight is 260 g/mol. The minimum atomic E-state index is -0.602. The Morgan fingerprint density at radius 2 is 1.68 bits per heavy atom. The number of hydrogen-bond acceptors (Lipinski definition) is 1. The average Bonchev–Trinajstić information content (AvgIpc) is 2.48. The molecule has 0 saturated heterocycles. The Hall–Kier alpha value is -0.820. The Labute approximate surface area is 118 Å². The van der Waals surface area contributed by atoms with Gasteiger partial charge in [-0.3, -0.25) is 0 Å². The molecule has 106 valence electrons. The van der Waals surface area contributed by atoms with Gasteiger partial charge < -0.3 is 5.11 Å². The highest BCUT2D eigenvalue weighted by Gasteiger charge is 2.39. The van der Waals surface area contributed by atoms with Gasteiger partial charge in [-0.25, -0.2) is 0 Å². The maximum atomic E-state index is 11.3. The van der Waals surface area contributed by atoms with E-state index >= 15 is 0 Å². The summed E-state index contributed by atoms with van der Waals surface area (Å²) in [6.07, 6.45) is 8.18. The minimum Gasteiger partial charge on any atom is -0.385 e. The second-order valence-corrected chi connectivity index (χ2v) is 6.17. The fourth-order valence-electron chi connectivity index (χ4n) is 3.74. The summed E-state index contributed by atoms with van der Waals surface area (Å²) in [5.74, 6) is 1.33. The van der Waals surface area contributed by atoms with Crippen molar-refractivity contribution in [1.29, 1.82) is 0 Å². The minimum absolute atomic E-state index is 0.442. The van der Waals surface area contributed by atoms with Crippen LogP contribution in [0.1, 0.15) is 64.4 Å². The third kappa shape index (κ3) is 3.20. The standard InChI is InChI=1S/C18H28O/c1-3-14-18(19,16-8-6-5-7-9-16)17-12-10-15(4-2)11-13-17/h5-9,15,17,19H,3-4,10-14H2,1-2H3. The summed E-state index contributed by atoms with van der Waals surface area (Å²) >= 11 is 0. The van der Waals surface area contributed by atoms with Crippen molar-refractivity contribution in [2.45, 2.75) is 64.4 Å². The highest BCUT2D eigenvalue weighted by Crippen LogP contribution is 2.44. The Kier molecular flexibility index (Phi) is 5.04. The van der Waals surface area contributed by atoms with E-state index in [1.807, 2.05) is 18.2 Å². The van der Waals surface area contributed by atoms with Crippen molar-refractivity contribution in [3.8, 4) is 0 Å². The Morgan fingerprint density at radius 1 is 1.05 bits per heavy atom. The van der Waals surface area contributed by atoms with E-state index in [4.69, 9.17) is 0 Å². The molecule has 19 heavy (non-hydrogen) atoms. The molecule has 1 heteroatoms. The molecule has 1 aromatic carbocycles. The molecule has 0 radical (unpaired) electrons. The van der Waals surface area contributed by atoms with Crippen LogP contribution in [-0.2, 0) is 5.60 Å². The van der Waals surface area contributed by atoms with Crippen molar-refractivity contribution in [3.05, 3.63) is 35.9 Å². The maximum absolute atomic E-state index is 11.3. The van der Waals surface area contributed by atoms with Crippen LogP contribution in [-0.4, -0.2) is 5.11 Å². The molecule has 1 atom stereocenters. The van der Waals surface area contributed by atoms with E-state index in [0.717, 1.165) is 24.3 Å². The summed E-state index contributed by atoms with van der Waals surface area (Å²) in [5.41, 5.74) is 0.520. The first-order valence-corrected chi connectivity index (χ1v) is 7.98. The SMILES string of the molecule is CCCC(O)(c1ccccc1)C1CCC(CC)CC1. The van der Waals surface area contributed by atoms with Crippen molar-refractivity contribution < 1.29 is 5.11 Å². The smallest absolute Gasteiger partial charge is 0.0924 e. The van der Waals surface area contributed by atoms with Gasteiger partial charge in [-0.15, -0.1) is 0 Å². The van der Waals surface area contributed by atoms with Crippen LogP contribution in [0.15, 0.2) is 30.3 Å². The predicted octanol–water partition coefficient (Wildman–Crippen LogP) is 4.89. The van der Waals surface area contributed by atoms with Gasteiger partial charge in [-0.05, 0) is 36.7 Å².